The molecular formula is C17H29NO2. The first-order valence-corrected chi connectivity index (χ1v) is 8.22. The highest BCUT2D eigenvalue weighted by molar-refractivity contribution is 4.95. The van der Waals surface area contributed by atoms with E-state index in [9.17, 15) is 0 Å². The lowest BCUT2D eigenvalue weighted by molar-refractivity contribution is 0.103. The van der Waals surface area contributed by atoms with E-state index < -0.39 is 0 Å². The average molecular weight is 279 g/mol. The van der Waals surface area contributed by atoms with E-state index in [-0.39, 0.29) is 0 Å². The number of ether oxygens (including phenoxy) is 1. The Morgan fingerprint density at radius 1 is 1.30 bits per heavy atom. The van der Waals surface area contributed by atoms with E-state index in [2.05, 4.69) is 12.2 Å². The van der Waals surface area contributed by atoms with Gasteiger partial charge in [0.15, 0.2) is 0 Å². The summed E-state index contributed by atoms with van der Waals surface area (Å²) in [5.74, 6) is 1.90. The quantitative estimate of drug-likeness (QED) is 0.690. The first-order valence-electron chi connectivity index (χ1n) is 8.22. The second-order valence-electron chi connectivity index (χ2n) is 5.95. The molecule has 0 atom stereocenters. The third kappa shape index (κ3) is 5.68. The highest BCUT2D eigenvalue weighted by Crippen LogP contribution is 2.27. The maximum absolute atomic E-state index is 5.58. The summed E-state index contributed by atoms with van der Waals surface area (Å²) in [4.78, 5) is 0. The van der Waals surface area contributed by atoms with Gasteiger partial charge in [-0.15, -0.1) is 0 Å². The highest BCUT2D eigenvalue weighted by Gasteiger charge is 2.19. The summed E-state index contributed by atoms with van der Waals surface area (Å²) < 4.78 is 10.8. The Kier molecular flexibility index (Phi) is 7.16. The molecule has 1 aliphatic carbocycles. The second-order valence-corrected chi connectivity index (χ2v) is 5.95. The third-order valence-electron chi connectivity index (χ3n) is 4.27. The number of hydrogen-bond acceptors (Lipinski definition) is 3. The number of furan rings is 1. The highest BCUT2D eigenvalue weighted by atomic mass is 16.5. The van der Waals surface area contributed by atoms with Gasteiger partial charge in [-0.05, 0) is 56.7 Å². The standard InChI is InChI=1S/C17H29NO2/c1-2-5-15-7-9-16(10-8-15)18-11-4-12-19-14-17-6-3-13-20-17/h3,6,13,15-16,18H,2,4-5,7-12,14H2,1H3. The van der Waals surface area contributed by atoms with E-state index in [0.29, 0.717) is 6.61 Å². The zero-order valence-electron chi connectivity index (χ0n) is 12.8. The van der Waals surface area contributed by atoms with E-state index in [0.717, 1.165) is 37.3 Å². The lowest BCUT2D eigenvalue weighted by Crippen LogP contribution is -2.34. The fourth-order valence-corrected chi connectivity index (χ4v) is 3.11. The van der Waals surface area contributed by atoms with Gasteiger partial charge in [0.1, 0.15) is 12.4 Å². The van der Waals surface area contributed by atoms with Crippen LogP contribution in [0, 0.1) is 5.92 Å². The Bertz CT molecular complexity index is 329. The first-order chi connectivity index (χ1) is 9.88. The molecule has 0 aromatic carbocycles. The Balaban J connectivity index is 1.44. The summed E-state index contributed by atoms with van der Waals surface area (Å²) in [6, 6.07) is 4.59. The average Bonchev–Trinajstić information content (AvgIpc) is 2.98. The maximum Gasteiger partial charge on any atom is 0.129 e. The van der Waals surface area contributed by atoms with Crippen LogP contribution in [0.15, 0.2) is 22.8 Å². The summed E-state index contributed by atoms with van der Waals surface area (Å²) in [6.45, 7) is 4.77. The fourth-order valence-electron chi connectivity index (χ4n) is 3.11. The Hall–Kier alpha value is -0.800. The van der Waals surface area contributed by atoms with Crippen molar-refractivity contribution in [3.05, 3.63) is 24.2 Å². The van der Waals surface area contributed by atoms with Gasteiger partial charge in [-0.25, -0.2) is 0 Å². The fraction of sp³-hybridized carbons (Fsp3) is 0.765. The van der Waals surface area contributed by atoms with Crippen molar-refractivity contribution in [1.82, 2.24) is 5.32 Å². The van der Waals surface area contributed by atoms with Crippen molar-refractivity contribution < 1.29 is 9.15 Å². The number of nitrogens with one attached hydrogen (secondary N) is 1. The summed E-state index contributed by atoms with van der Waals surface area (Å²) in [5, 5.41) is 3.67. The predicted octanol–water partition coefficient (Wildman–Crippen LogP) is 4.13. The zero-order chi connectivity index (χ0) is 14.0. The van der Waals surface area contributed by atoms with Crippen LogP contribution in [0.5, 0.6) is 0 Å². The third-order valence-corrected chi connectivity index (χ3v) is 4.27. The molecule has 1 aliphatic rings. The summed E-state index contributed by atoms with van der Waals surface area (Å²) in [6.07, 6.45) is 11.1. The van der Waals surface area contributed by atoms with Crippen molar-refractivity contribution in [3.63, 3.8) is 0 Å². The SMILES string of the molecule is CCCC1CCC(NCCCOCc2ccco2)CC1. The largest absolute Gasteiger partial charge is 0.467 e. The minimum Gasteiger partial charge on any atom is -0.467 e. The van der Waals surface area contributed by atoms with Crippen molar-refractivity contribution in [1.29, 1.82) is 0 Å². The van der Waals surface area contributed by atoms with Crippen LogP contribution in [-0.2, 0) is 11.3 Å². The molecule has 2 rings (SSSR count). The van der Waals surface area contributed by atoms with Crippen LogP contribution in [0.3, 0.4) is 0 Å². The number of rotatable bonds is 9. The van der Waals surface area contributed by atoms with Gasteiger partial charge in [-0.2, -0.15) is 0 Å². The van der Waals surface area contributed by atoms with Gasteiger partial charge >= 0.3 is 0 Å². The van der Waals surface area contributed by atoms with Crippen LogP contribution in [-0.4, -0.2) is 19.2 Å². The first kappa shape index (κ1) is 15.6. The molecule has 0 aliphatic heterocycles. The van der Waals surface area contributed by atoms with Crippen LogP contribution in [0.2, 0.25) is 0 Å². The Labute approximate surface area is 123 Å². The molecule has 1 aromatic rings. The van der Waals surface area contributed by atoms with Crippen molar-refractivity contribution in [2.24, 2.45) is 5.92 Å². The topological polar surface area (TPSA) is 34.4 Å². The van der Waals surface area contributed by atoms with E-state index >= 15 is 0 Å². The van der Waals surface area contributed by atoms with Gasteiger partial charge in [0, 0.05) is 12.6 Å². The molecule has 0 bridgehead atoms. The van der Waals surface area contributed by atoms with E-state index in [1.54, 1.807) is 6.26 Å². The normalized spacial score (nSPS) is 23.1. The molecule has 1 fully saturated rings. The van der Waals surface area contributed by atoms with Gasteiger partial charge in [-0.3, -0.25) is 0 Å². The zero-order valence-corrected chi connectivity index (χ0v) is 12.8. The second kappa shape index (κ2) is 9.19. The molecular weight excluding hydrogens is 250 g/mol. The summed E-state index contributed by atoms with van der Waals surface area (Å²) in [7, 11) is 0. The van der Waals surface area contributed by atoms with Crippen molar-refractivity contribution >= 4 is 0 Å². The van der Waals surface area contributed by atoms with Crippen LogP contribution in [0.1, 0.15) is 57.6 Å². The van der Waals surface area contributed by atoms with Crippen LogP contribution in [0.4, 0.5) is 0 Å². The van der Waals surface area contributed by atoms with Crippen LogP contribution < -0.4 is 5.32 Å². The molecule has 0 spiro atoms. The Morgan fingerprint density at radius 2 is 2.15 bits per heavy atom. The van der Waals surface area contributed by atoms with Crippen molar-refractivity contribution in [3.8, 4) is 0 Å². The number of hydrogen-bond donors (Lipinski definition) is 1. The van der Waals surface area contributed by atoms with E-state index in [1.165, 1.54) is 38.5 Å². The van der Waals surface area contributed by atoms with Crippen LogP contribution >= 0.6 is 0 Å². The summed E-state index contributed by atoms with van der Waals surface area (Å²) >= 11 is 0. The van der Waals surface area contributed by atoms with Gasteiger partial charge in [0.05, 0.1) is 6.26 Å². The molecule has 3 heteroatoms. The lowest BCUT2D eigenvalue weighted by atomic mass is 9.83. The molecule has 0 amide bonds. The summed E-state index contributed by atoms with van der Waals surface area (Å²) in [5.41, 5.74) is 0. The molecule has 0 radical (unpaired) electrons. The van der Waals surface area contributed by atoms with E-state index in [4.69, 9.17) is 9.15 Å². The minimum atomic E-state index is 0.592. The smallest absolute Gasteiger partial charge is 0.129 e. The molecule has 1 N–H and O–H groups in total. The van der Waals surface area contributed by atoms with Gasteiger partial charge in [-0.1, -0.05) is 19.8 Å². The van der Waals surface area contributed by atoms with Gasteiger partial charge in [0.2, 0.25) is 0 Å². The molecule has 3 nitrogen and oxygen atoms in total. The molecule has 0 unspecified atom stereocenters. The monoisotopic (exact) mass is 279 g/mol. The van der Waals surface area contributed by atoms with Gasteiger partial charge < -0.3 is 14.5 Å². The van der Waals surface area contributed by atoms with Crippen molar-refractivity contribution in [2.75, 3.05) is 13.2 Å². The van der Waals surface area contributed by atoms with Crippen LogP contribution in [0.25, 0.3) is 0 Å². The minimum absolute atomic E-state index is 0.592. The Morgan fingerprint density at radius 3 is 2.85 bits per heavy atom. The van der Waals surface area contributed by atoms with E-state index in [1.807, 2.05) is 12.1 Å². The molecule has 0 saturated heterocycles. The van der Waals surface area contributed by atoms with Crippen molar-refractivity contribution in [2.45, 2.75) is 64.5 Å². The molecule has 114 valence electrons. The molecule has 1 aromatic heterocycles. The predicted molar refractivity (Wildman–Crippen MR) is 81.6 cm³/mol. The maximum atomic E-state index is 5.58. The van der Waals surface area contributed by atoms with Gasteiger partial charge in [0.25, 0.3) is 0 Å². The lowest BCUT2D eigenvalue weighted by Gasteiger charge is -2.29. The molecule has 20 heavy (non-hydrogen) atoms. The molecule has 1 heterocycles. The molecule has 1 saturated carbocycles.